The summed E-state index contributed by atoms with van der Waals surface area (Å²) >= 11 is 8.30. The molecule has 4 aliphatic rings. The fraction of sp³-hybridized carbons (Fsp3) is 0.316. The second kappa shape index (κ2) is 6.08. The van der Waals surface area contributed by atoms with Gasteiger partial charge in [-0.1, -0.05) is 35.9 Å². The molecular formula is C19H18ClN3O2S. The molecule has 1 amide bonds. The van der Waals surface area contributed by atoms with Crippen LogP contribution in [-0.2, 0) is 0 Å². The van der Waals surface area contributed by atoms with Crippen molar-refractivity contribution in [3.63, 3.8) is 0 Å². The zero-order chi connectivity index (χ0) is 17.8. The minimum atomic E-state index is -0.858. The maximum atomic E-state index is 11.8. The minimum Gasteiger partial charge on any atom is -0.465 e. The molecule has 2 unspecified atom stereocenters. The molecule has 7 heteroatoms. The third kappa shape index (κ3) is 2.40. The van der Waals surface area contributed by atoms with E-state index in [1.54, 1.807) is 4.90 Å². The molecule has 1 N–H and O–H groups in total. The number of benzene rings is 1. The van der Waals surface area contributed by atoms with Gasteiger partial charge in [-0.05, 0) is 24.1 Å². The van der Waals surface area contributed by atoms with E-state index in [1.807, 2.05) is 36.0 Å². The number of hydrogen-bond donors (Lipinski definition) is 1. The van der Waals surface area contributed by atoms with Crippen LogP contribution < -0.4 is 4.90 Å². The Balaban J connectivity index is 1.61. The van der Waals surface area contributed by atoms with Crippen LogP contribution in [0, 0.1) is 0 Å². The number of amides is 1. The number of fused-ring (bicyclic) bond motifs is 4. The Morgan fingerprint density at radius 3 is 2.92 bits per heavy atom. The molecule has 0 radical (unpaired) electrons. The lowest BCUT2D eigenvalue weighted by atomic mass is 10.1. The number of carbonyl (C=O) groups is 1. The second-order valence-corrected chi connectivity index (χ2v) is 8.33. The van der Waals surface area contributed by atoms with Gasteiger partial charge in [0.15, 0.2) is 0 Å². The molecule has 2 atom stereocenters. The molecule has 1 aromatic rings. The first-order valence-corrected chi connectivity index (χ1v) is 9.94. The highest BCUT2D eigenvalue weighted by atomic mass is 35.5. The van der Waals surface area contributed by atoms with Crippen molar-refractivity contribution >= 4 is 35.1 Å². The van der Waals surface area contributed by atoms with Crippen LogP contribution in [-0.4, -0.2) is 52.2 Å². The number of halogens is 1. The zero-order valence-corrected chi connectivity index (χ0v) is 15.6. The number of anilines is 1. The number of hydrogen-bond acceptors (Lipinski definition) is 4. The van der Waals surface area contributed by atoms with Crippen molar-refractivity contribution in [3.8, 4) is 0 Å². The SMILES string of the molecule is O=C(O)N1CCN2C3SC4=C(CC=C4)C3=CN(c3ccccc3Cl)CC12. The fourth-order valence-electron chi connectivity index (χ4n) is 4.23. The fourth-order valence-corrected chi connectivity index (χ4v) is 5.94. The molecule has 5 rings (SSSR count). The number of allylic oxidation sites excluding steroid dienone is 2. The number of carboxylic acid groups (broad SMARTS) is 1. The highest BCUT2D eigenvalue weighted by Crippen LogP contribution is 2.50. The molecule has 1 saturated heterocycles. The third-order valence-electron chi connectivity index (χ3n) is 5.45. The summed E-state index contributed by atoms with van der Waals surface area (Å²) < 4.78 is 0. The lowest BCUT2D eigenvalue weighted by Crippen LogP contribution is -2.48. The van der Waals surface area contributed by atoms with Crippen molar-refractivity contribution in [1.29, 1.82) is 0 Å². The third-order valence-corrected chi connectivity index (χ3v) is 7.15. The van der Waals surface area contributed by atoms with Gasteiger partial charge in [0, 0.05) is 29.8 Å². The Labute approximate surface area is 161 Å². The van der Waals surface area contributed by atoms with E-state index in [4.69, 9.17) is 11.6 Å². The van der Waals surface area contributed by atoms with Crippen LogP contribution in [0.25, 0.3) is 0 Å². The summed E-state index contributed by atoms with van der Waals surface area (Å²) in [5.74, 6) is 0. The second-order valence-electron chi connectivity index (χ2n) is 6.80. The predicted octanol–water partition coefficient (Wildman–Crippen LogP) is 3.95. The number of nitrogens with zero attached hydrogens (tertiary/aromatic N) is 3. The molecule has 0 aromatic heterocycles. The van der Waals surface area contributed by atoms with Crippen LogP contribution in [0.4, 0.5) is 10.5 Å². The summed E-state index contributed by atoms with van der Waals surface area (Å²) in [6, 6.07) is 7.76. The smallest absolute Gasteiger partial charge is 0.408 e. The molecular weight excluding hydrogens is 370 g/mol. The van der Waals surface area contributed by atoms with E-state index < -0.39 is 6.09 Å². The van der Waals surface area contributed by atoms with Gasteiger partial charge in [-0.25, -0.2) is 4.79 Å². The summed E-state index contributed by atoms with van der Waals surface area (Å²) in [5, 5.41) is 10.5. The van der Waals surface area contributed by atoms with E-state index >= 15 is 0 Å². The standard InChI is InChI=1S/C19H18ClN3O2S/c20-14-5-1-2-6-15(14)21-10-13-12-4-3-7-16(12)26-18(13)22-8-9-23(19(24)25)17(22)11-21/h1-3,5-7,10,17-18H,4,8-9,11H2,(H,24,25). The highest BCUT2D eigenvalue weighted by molar-refractivity contribution is 8.04. The van der Waals surface area contributed by atoms with Crippen molar-refractivity contribution in [2.24, 2.45) is 0 Å². The first-order valence-electron chi connectivity index (χ1n) is 8.68. The van der Waals surface area contributed by atoms with Gasteiger partial charge in [0.25, 0.3) is 0 Å². The molecule has 1 fully saturated rings. The van der Waals surface area contributed by atoms with Crippen LogP contribution in [0.2, 0.25) is 5.02 Å². The monoisotopic (exact) mass is 387 g/mol. The van der Waals surface area contributed by atoms with Crippen molar-refractivity contribution in [2.75, 3.05) is 24.5 Å². The van der Waals surface area contributed by atoms with Gasteiger partial charge in [-0.3, -0.25) is 9.80 Å². The molecule has 1 aromatic carbocycles. The van der Waals surface area contributed by atoms with Crippen molar-refractivity contribution in [1.82, 2.24) is 9.80 Å². The lowest BCUT2D eigenvalue weighted by molar-refractivity contribution is 0.112. The predicted molar refractivity (Wildman–Crippen MR) is 104 cm³/mol. The summed E-state index contributed by atoms with van der Waals surface area (Å²) in [6.07, 6.45) is 6.48. The van der Waals surface area contributed by atoms with Crippen molar-refractivity contribution in [2.45, 2.75) is 18.0 Å². The van der Waals surface area contributed by atoms with Crippen molar-refractivity contribution < 1.29 is 9.90 Å². The average Bonchev–Trinajstić information content (AvgIpc) is 3.28. The highest BCUT2D eigenvalue weighted by Gasteiger charge is 2.46. The summed E-state index contributed by atoms with van der Waals surface area (Å²) in [6.45, 7) is 1.88. The molecule has 0 bridgehead atoms. The first-order chi connectivity index (χ1) is 12.6. The average molecular weight is 388 g/mol. The minimum absolute atomic E-state index is 0.173. The maximum absolute atomic E-state index is 11.8. The Morgan fingerprint density at radius 1 is 1.27 bits per heavy atom. The van der Waals surface area contributed by atoms with Gasteiger partial charge in [-0.2, -0.15) is 0 Å². The van der Waals surface area contributed by atoms with E-state index in [-0.39, 0.29) is 11.5 Å². The Kier molecular flexibility index (Phi) is 3.81. The Hall–Kier alpha value is -1.89. The summed E-state index contributed by atoms with van der Waals surface area (Å²) in [7, 11) is 0. The van der Waals surface area contributed by atoms with E-state index in [1.165, 1.54) is 16.1 Å². The van der Waals surface area contributed by atoms with Gasteiger partial charge in [0.05, 0.1) is 22.6 Å². The van der Waals surface area contributed by atoms with Crippen LogP contribution in [0.5, 0.6) is 0 Å². The van der Waals surface area contributed by atoms with Gasteiger partial charge >= 0.3 is 6.09 Å². The van der Waals surface area contributed by atoms with Crippen LogP contribution in [0.1, 0.15) is 6.42 Å². The molecule has 5 nitrogen and oxygen atoms in total. The molecule has 3 aliphatic heterocycles. The molecule has 26 heavy (non-hydrogen) atoms. The topological polar surface area (TPSA) is 47.0 Å². The summed E-state index contributed by atoms with van der Waals surface area (Å²) in [4.78, 5) is 19.1. The van der Waals surface area contributed by atoms with E-state index in [0.717, 1.165) is 18.7 Å². The van der Waals surface area contributed by atoms with E-state index in [9.17, 15) is 9.90 Å². The van der Waals surface area contributed by atoms with Gasteiger partial charge in [0.2, 0.25) is 0 Å². The number of rotatable bonds is 1. The largest absolute Gasteiger partial charge is 0.465 e. The van der Waals surface area contributed by atoms with Gasteiger partial charge in [0.1, 0.15) is 6.17 Å². The molecule has 0 spiro atoms. The van der Waals surface area contributed by atoms with Gasteiger partial charge in [-0.15, -0.1) is 11.8 Å². The lowest BCUT2D eigenvalue weighted by Gasteiger charge is -2.33. The number of para-hydroxylation sites is 1. The van der Waals surface area contributed by atoms with E-state index in [0.29, 0.717) is 18.1 Å². The molecule has 3 heterocycles. The summed E-state index contributed by atoms with van der Waals surface area (Å²) in [5.41, 5.74) is 3.57. The van der Waals surface area contributed by atoms with Crippen LogP contribution in [0.15, 0.2) is 58.7 Å². The van der Waals surface area contributed by atoms with Crippen LogP contribution in [0.3, 0.4) is 0 Å². The molecule has 134 valence electrons. The van der Waals surface area contributed by atoms with Gasteiger partial charge < -0.3 is 10.0 Å². The first kappa shape index (κ1) is 16.3. The normalized spacial score (nSPS) is 27.3. The number of thioether (sulfide) groups is 1. The van der Waals surface area contributed by atoms with E-state index in [2.05, 4.69) is 28.2 Å². The van der Waals surface area contributed by atoms with Crippen LogP contribution >= 0.6 is 23.4 Å². The zero-order valence-electron chi connectivity index (χ0n) is 14.0. The quantitative estimate of drug-likeness (QED) is 0.790. The Bertz CT molecular complexity index is 881. The van der Waals surface area contributed by atoms with Crippen molar-refractivity contribution in [3.05, 3.63) is 63.7 Å². The Morgan fingerprint density at radius 2 is 2.12 bits per heavy atom. The molecule has 0 saturated carbocycles. The maximum Gasteiger partial charge on any atom is 0.408 e. The molecule has 1 aliphatic carbocycles.